The highest BCUT2D eigenvalue weighted by Gasteiger charge is 1.93. The van der Waals surface area contributed by atoms with Crippen LogP contribution in [0.15, 0.2) is 64.5 Å². The van der Waals surface area contributed by atoms with Crippen molar-refractivity contribution < 1.29 is 4.74 Å². The lowest BCUT2D eigenvalue weighted by Gasteiger charge is -1.99. The summed E-state index contributed by atoms with van der Waals surface area (Å²) in [4.78, 5) is 0. The summed E-state index contributed by atoms with van der Waals surface area (Å²) in [6, 6.07) is 15.8. The number of azo groups is 1. The van der Waals surface area contributed by atoms with Crippen molar-refractivity contribution in [3.8, 4) is 5.75 Å². The minimum absolute atomic E-state index is 0.848. The van der Waals surface area contributed by atoms with Gasteiger partial charge in [0, 0.05) is 0 Å². The molecule has 0 saturated heterocycles. The van der Waals surface area contributed by atoms with Gasteiger partial charge < -0.3 is 4.74 Å². The Kier molecular flexibility index (Phi) is 4.66. The van der Waals surface area contributed by atoms with Crippen molar-refractivity contribution in [3.05, 3.63) is 65.4 Å². The molecule has 2 aromatic rings. The van der Waals surface area contributed by atoms with E-state index in [1.807, 2.05) is 61.5 Å². The Morgan fingerprint density at radius 1 is 1.00 bits per heavy atom. The highest BCUT2D eigenvalue weighted by Crippen LogP contribution is 2.17. The summed E-state index contributed by atoms with van der Waals surface area (Å²) < 4.78 is 5.13. The average molecular weight is 266 g/mol. The monoisotopic (exact) mass is 266 g/mol. The lowest BCUT2D eigenvalue weighted by molar-refractivity contribution is 0.415. The molecule has 0 saturated carbocycles. The van der Waals surface area contributed by atoms with Gasteiger partial charge in [0.05, 0.1) is 18.5 Å². The van der Waals surface area contributed by atoms with E-state index in [9.17, 15) is 0 Å². The first-order chi connectivity index (χ1) is 9.67. The number of methoxy groups -OCH3 is 1. The molecule has 20 heavy (non-hydrogen) atoms. The van der Waals surface area contributed by atoms with Crippen LogP contribution in [-0.2, 0) is 0 Å². The third-order valence-corrected chi connectivity index (χ3v) is 2.85. The van der Waals surface area contributed by atoms with Crippen LogP contribution in [-0.4, -0.2) is 7.11 Å². The van der Waals surface area contributed by atoms with Gasteiger partial charge >= 0.3 is 0 Å². The molecule has 0 aliphatic heterocycles. The van der Waals surface area contributed by atoms with Crippen LogP contribution in [0.2, 0.25) is 0 Å². The molecule has 0 spiro atoms. The van der Waals surface area contributed by atoms with E-state index in [2.05, 4.69) is 17.2 Å². The van der Waals surface area contributed by atoms with Crippen LogP contribution in [0.5, 0.6) is 5.75 Å². The predicted molar refractivity (Wildman–Crippen MR) is 82.3 cm³/mol. The van der Waals surface area contributed by atoms with Gasteiger partial charge in [0.25, 0.3) is 0 Å². The zero-order chi connectivity index (χ0) is 14.4. The maximum absolute atomic E-state index is 5.13. The Morgan fingerprint density at radius 2 is 1.65 bits per heavy atom. The fourth-order valence-corrected chi connectivity index (χ4v) is 1.72. The number of aryl methyl sites for hydroxylation is 1. The molecule has 0 amide bonds. The van der Waals surface area contributed by atoms with Crippen molar-refractivity contribution in [2.24, 2.45) is 10.2 Å². The quantitative estimate of drug-likeness (QED) is 0.705. The van der Waals surface area contributed by atoms with Gasteiger partial charge in [-0.05, 0) is 49.8 Å². The molecule has 3 heteroatoms. The fraction of sp³-hybridized carbons (Fsp3) is 0.176. The van der Waals surface area contributed by atoms with Crippen molar-refractivity contribution in [2.75, 3.05) is 7.11 Å². The maximum atomic E-state index is 5.13. The molecular weight excluding hydrogens is 248 g/mol. The normalized spacial score (nSPS) is 11.8. The van der Waals surface area contributed by atoms with Crippen LogP contribution < -0.4 is 4.74 Å². The van der Waals surface area contributed by atoms with E-state index in [0.717, 1.165) is 22.7 Å². The standard InChI is InChI=1S/C17H18N2O/c1-13-4-8-16(9-5-13)19-18-14(2)12-15-6-10-17(20-3)11-7-15/h4-12H,1-3H3/b14-12+,19-18?. The summed E-state index contributed by atoms with van der Waals surface area (Å²) in [5.74, 6) is 0.848. The molecule has 0 aliphatic rings. The number of hydrogen-bond donors (Lipinski definition) is 0. The minimum Gasteiger partial charge on any atom is -0.497 e. The molecule has 2 rings (SSSR count). The van der Waals surface area contributed by atoms with Crippen molar-refractivity contribution in [2.45, 2.75) is 13.8 Å². The first-order valence-electron chi connectivity index (χ1n) is 6.48. The van der Waals surface area contributed by atoms with Gasteiger partial charge in [-0.1, -0.05) is 29.8 Å². The fourth-order valence-electron chi connectivity index (χ4n) is 1.72. The van der Waals surface area contributed by atoms with Crippen LogP contribution in [0.4, 0.5) is 5.69 Å². The second-order valence-corrected chi connectivity index (χ2v) is 4.59. The van der Waals surface area contributed by atoms with Gasteiger partial charge in [-0.25, -0.2) is 0 Å². The lowest BCUT2D eigenvalue weighted by atomic mass is 10.2. The van der Waals surface area contributed by atoms with Gasteiger partial charge in [-0.3, -0.25) is 0 Å². The second-order valence-electron chi connectivity index (χ2n) is 4.59. The van der Waals surface area contributed by atoms with Crippen LogP contribution in [0.25, 0.3) is 6.08 Å². The average Bonchev–Trinajstić information content (AvgIpc) is 2.47. The summed E-state index contributed by atoms with van der Waals surface area (Å²) in [5.41, 5.74) is 4.01. The molecule has 0 atom stereocenters. The highest BCUT2D eigenvalue weighted by atomic mass is 16.5. The molecule has 0 N–H and O–H groups in total. The molecule has 102 valence electrons. The van der Waals surface area contributed by atoms with E-state index in [0.29, 0.717) is 0 Å². The van der Waals surface area contributed by atoms with Crippen LogP contribution >= 0.6 is 0 Å². The van der Waals surface area contributed by atoms with Crippen LogP contribution in [0, 0.1) is 6.92 Å². The molecule has 0 heterocycles. The van der Waals surface area contributed by atoms with E-state index in [1.54, 1.807) is 7.11 Å². The van der Waals surface area contributed by atoms with E-state index in [1.165, 1.54) is 5.56 Å². The van der Waals surface area contributed by atoms with Gasteiger partial charge in [0.2, 0.25) is 0 Å². The molecule has 2 aromatic carbocycles. The molecule has 0 aromatic heterocycles. The molecular formula is C17H18N2O. The van der Waals surface area contributed by atoms with Crippen LogP contribution in [0.3, 0.4) is 0 Å². The van der Waals surface area contributed by atoms with E-state index in [4.69, 9.17) is 4.74 Å². The zero-order valence-electron chi connectivity index (χ0n) is 12.0. The third kappa shape index (κ3) is 4.05. The van der Waals surface area contributed by atoms with Crippen LogP contribution in [0.1, 0.15) is 18.1 Å². The van der Waals surface area contributed by atoms with E-state index in [-0.39, 0.29) is 0 Å². The van der Waals surface area contributed by atoms with E-state index >= 15 is 0 Å². The molecule has 0 fully saturated rings. The number of hydrogen-bond acceptors (Lipinski definition) is 3. The Balaban J connectivity index is 2.07. The number of allylic oxidation sites excluding steroid dienone is 1. The molecule has 0 aliphatic carbocycles. The van der Waals surface area contributed by atoms with E-state index < -0.39 is 0 Å². The Hall–Kier alpha value is -2.42. The third-order valence-electron chi connectivity index (χ3n) is 2.85. The first kappa shape index (κ1) is 14.0. The number of ether oxygens (including phenoxy) is 1. The summed E-state index contributed by atoms with van der Waals surface area (Å²) >= 11 is 0. The largest absolute Gasteiger partial charge is 0.497 e. The summed E-state index contributed by atoms with van der Waals surface area (Å²) in [6.07, 6.45) is 1.98. The van der Waals surface area contributed by atoms with Crippen molar-refractivity contribution in [3.63, 3.8) is 0 Å². The Labute approximate surface area is 119 Å². The van der Waals surface area contributed by atoms with Crippen molar-refractivity contribution in [1.82, 2.24) is 0 Å². The molecule has 0 radical (unpaired) electrons. The molecule has 0 unspecified atom stereocenters. The first-order valence-corrected chi connectivity index (χ1v) is 6.48. The number of rotatable bonds is 4. The molecule has 0 bridgehead atoms. The SMILES string of the molecule is COc1ccc(/C=C(\C)N=Nc2ccc(C)cc2)cc1. The summed E-state index contributed by atoms with van der Waals surface area (Å²) in [7, 11) is 1.66. The van der Waals surface area contributed by atoms with Gasteiger partial charge in [0.15, 0.2) is 0 Å². The molecule has 3 nitrogen and oxygen atoms in total. The van der Waals surface area contributed by atoms with Crippen molar-refractivity contribution in [1.29, 1.82) is 0 Å². The van der Waals surface area contributed by atoms with Crippen molar-refractivity contribution >= 4 is 11.8 Å². The minimum atomic E-state index is 0.848. The Bertz CT molecular complexity index is 610. The second kappa shape index (κ2) is 6.66. The smallest absolute Gasteiger partial charge is 0.118 e. The number of benzene rings is 2. The number of nitrogens with zero attached hydrogens (tertiary/aromatic N) is 2. The Morgan fingerprint density at radius 3 is 2.25 bits per heavy atom. The predicted octanol–water partition coefficient (Wildman–Crippen LogP) is 5.15. The van der Waals surface area contributed by atoms with Gasteiger partial charge in [0.1, 0.15) is 5.75 Å². The maximum Gasteiger partial charge on any atom is 0.118 e. The zero-order valence-corrected chi connectivity index (χ0v) is 12.0. The topological polar surface area (TPSA) is 34.0 Å². The highest BCUT2D eigenvalue weighted by molar-refractivity contribution is 5.53. The van der Waals surface area contributed by atoms with Gasteiger partial charge in [-0.15, -0.1) is 0 Å². The summed E-state index contributed by atoms with van der Waals surface area (Å²) in [5, 5.41) is 8.43. The lowest BCUT2D eigenvalue weighted by Crippen LogP contribution is -1.81. The summed E-state index contributed by atoms with van der Waals surface area (Å²) in [6.45, 7) is 3.98. The van der Waals surface area contributed by atoms with Gasteiger partial charge in [-0.2, -0.15) is 10.2 Å².